The Morgan fingerprint density at radius 1 is 1.06 bits per heavy atom. The summed E-state index contributed by atoms with van der Waals surface area (Å²) in [4.78, 5) is 14.7. The van der Waals surface area contributed by atoms with Crippen molar-refractivity contribution < 1.29 is 17.9 Å². The number of ether oxygens (including phenoxy) is 1. The molecule has 10 heteroatoms. The lowest BCUT2D eigenvalue weighted by atomic mass is 10.2. The van der Waals surface area contributed by atoms with Crippen LogP contribution in [-0.4, -0.2) is 66.6 Å². The van der Waals surface area contributed by atoms with Gasteiger partial charge < -0.3 is 9.64 Å². The van der Waals surface area contributed by atoms with Gasteiger partial charge in [-0.2, -0.15) is 9.40 Å². The van der Waals surface area contributed by atoms with E-state index in [-0.39, 0.29) is 23.9 Å². The lowest BCUT2D eigenvalue weighted by molar-refractivity contribution is 0.0698. The summed E-state index contributed by atoms with van der Waals surface area (Å²) >= 11 is 6.02. The van der Waals surface area contributed by atoms with Gasteiger partial charge in [0.2, 0.25) is 10.0 Å². The minimum atomic E-state index is -3.63. The number of sulfonamides is 1. The molecule has 0 unspecified atom stereocenters. The normalized spacial score (nSPS) is 15.1. The van der Waals surface area contributed by atoms with Crippen LogP contribution in [0, 0.1) is 0 Å². The lowest BCUT2D eigenvalue weighted by Gasteiger charge is -2.33. The second-order valence-corrected chi connectivity index (χ2v) is 9.40. The highest BCUT2D eigenvalue weighted by atomic mass is 35.5. The van der Waals surface area contributed by atoms with Gasteiger partial charge >= 0.3 is 0 Å². The molecule has 31 heavy (non-hydrogen) atoms. The first-order valence-corrected chi connectivity index (χ1v) is 11.4. The van der Waals surface area contributed by atoms with Gasteiger partial charge in [-0.3, -0.25) is 4.79 Å². The summed E-state index contributed by atoms with van der Waals surface area (Å²) in [6.45, 7) is 1.05. The van der Waals surface area contributed by atoms with Crippen molar-refractivity contribution in [2.24, 2.45) is 0 Å². The Balaban J connectivity index is 1.42. The summed E-state index contributed by atoms with van der Waals surface area (Å²) in [6, 6.07) is 13.4. The van der Waals surface area contributed by atoms with Crippen LogP contribution in [0.2, 0.25) is 5.02 Å². The second kappa shape index (κ2) is 8.70. The number of carbonyl (C=O) groups is 1. The number of halogens is 1. The van der Waals surface area contributed by atoms with Crippen LogP contribution in [0.5, 0.6) is 5.75 Å². The first kappa shape index (κ1) is 21.4. The third-order valence-corrected chi connectivity index (χ3v) is 7.27. The van der Waals surface area contributed by atoms with Crippen LogP contribution >= 0.6 is 11.6 Å². The Labute approximate surface area is 185 Å². The van der Waals surface area contributed by atoms with Crippen molar-refractivity contribution in [3.63, 3.8) is 0 Å². The Morgan fingerprint density at radius 2 is 1.77 bits per heavy atom. The summed E-state index contributed by atoms with van der Waals surface area (Å²) in [5.74, 6) is 0.405. The number of hydrogen-bond donors (Lipinski definition) is 0. The molecule has 0 aliphatic carbocycles. The van der Waals surface area contributed by atoms with Gasteiger partial charge in [-0.1, -0.05) is 17.7 Å². The third kappa shape index (κ3) is 4.43. The molecule has 1 saturated heterocycles. The number of nitrogens with zero attached hydrogens (tertiary/aromatic N) is 4. The molecule has 3 aromatic rings. The summed E-state index contributed by atoms with van der Waals surface area (Å²) in [6.07, 6.45) is 3.15. The van der Waals surface area contributed by atoms with E-state index in [0.29, 0.717) is 29.4 Å². The molecule has 0 radical (unpaired) electrons. The second-order valence-electron chi connectivity index (χ2n) is 7.03. The maximum atomic E-state index is 12.9. The molecular formula is C21H21ClN4O4S. The van der Waals surface area contributed by atoms with Crippen molar-refractivity contribution in [2.75, 3.05) is 33.3 Å². The van der Waals surface area contributed by atoms with E-state index in [2.05, 4.69) is 5.10 Å². The monoisotopic (exact) mass is 460 g/mol. The van der Waals surface area contributed by atoms with Crippen LogP contribution in [0.3, 0.4) is 0 Å². The van der Waals surface area contributed by atoms with Gasteiger partial charge in [-0.05, 0) is 42.5 Å². The molecule has 0 N–H and O–H groups in total. The zero-order chi connectivity index (χ0) is 22.0. The predicted octanol–water partition coefficient (Wildman–Crippen LogP) is 2.68. The quantitative estimate of drug-likeness (QED) is 0.584. The first-order valence-electron chi connectivity index (χ1n) is 9.62. The molecule has 2 aromatic carbocycles. The molecule has 0 atom stereocenters. The van der Waals surface area contributed by atoms with Crippen LogP contribution in [0.4, 0.5) is 0 Å². The van der Waals surface area contributed by atoms with Gasteiger partial charge in [0, 0.05) is 37.4 Å². The molecule has 1 aliphatic heterocycles. The number of rotatable bonds is 5. The van der Waals surface area contributed by atoms with Gasteiger partial charge in [0.15, 0.2) is 0 Å². The highest BCUT2D eigenvalue weighted by Crippen LogP contribution is 2.21. The predicted molar refractivity (Wildman–Crippen MR) is 116 cm³/mol. The maximum absolute atomic E-state index is 12.9. The van der Waals surface area contributed by atoms with Crippen molar-refractivity contribution in [2.45, 2.75) is 4.90 Å². The summed E-state index contributed by atoms with van der Waals surface area (Å²) in [5, 5.41) is 4.82. The SMILES string of the molecule is COc1ccc(S(=O)(=O)N2CCN(C(=O)c3cnn(-c4cccc(Cl)c4)c3)CC2)cc1. The largest absolute Gasteiger partial charge is 0.497 e. The lowest BCUT2D eigenvalue weighted by Crippen LogP contribution is -2.50. The Bertz CT molecular complexity index is 1190. The van der Waals surface area contributed by atoms with Crippen molar-refractivity contribution in [1.82, 2.24) is 19.0 Å². The van der Waals surface area contributed by atoms with E-state index in [4.69, 9.17) is 16.3 Å². The first-order chi connectivity index (χ1) is 14.9. The fraction of sp³-hybridized carbons (Fsp3) is 0.238. The van der Waals surface area contributed by atoms with Gasteiger partial charge in [0.1, 0.15) is 5.75 Å². The fourth-order valence-electron chi connectivity index (χ4n) is 3.40. The number of amides is 1. The van der Waals surface area contributed by atoms with Crippen molar-refractivity contribution >= 4 is 27.5 Å². The minimum Gasteiger partial charge on any atom is -0.497 e. The average Bonchev–Trinajstić information content (AvgIpc) is 3.29. The van der Waals surface area contributed by atoms with Gasteiger partial charge in [-0.15, -0.1) is 0 Å². The summed E-state index contributed by atoms with van der Waals surface area (Å²) in [5.41, 5.74) is 1.19. The maximum Gasteiger partial charge on any atom is 0.257 e. The van der Waals surface area contributed by atoms with Crippen LogP contribution in [0.1, 0.15) is 10.4 Å². The zero-order valence-electron chi connectivity index (χ0n) is 16.8. The number of benzene rings is 2. The molecule has 0 saturated carbocycles. The molecule has 1 aromatic heterocycles. The molecule has 162 valence electrons. The molecule has 8 nitrogen and oxygen atoms in total. The van der Waals surface area contributed by atoms with Crippen molar-refractivity contribution in [3.8, 4) is 11.4 Å². The summed E-state index contributed by atoms with van der Waals surface area (Å²) in [7, 11) is -2.10. The number of aromatic nitrogens is 2. The topological polar surface area (TPSA) is 84.7 Å². The van der Waals surface area contributed by atoms with E-state index in [1.54, 1.807) is 40.0 Å². The smallest absolute Gasteiger partial charge is 0.257 e. The van der Waals surface area contributed by atoms with Crippen LogP contribution in [0.25, 0.3) is 5.69 Å². The molecule has 1 amide bonds. The Morgan fingerprint density at radius 3 is 2.42 bits per heavy atom. The van der Waals surface area contributed by atoms with E-state index in [1.165, 1.54) is 29.7 Å². The highest BCUT2D eigenvalue weighted by Gasteiger charge is 2.30. The Hall–Kier alpha value is -2.88. The average molecular weight is 461 g/mol. The fourth-order valence-corrected chi connectivity index (χ4v) is 5.01. The molecule has 2 heterocycles. The van der Waals surface area contributed by atoms with E-state index < -0.39 is 10.0 Å². The highest BCUT2D eigenvalue weighted by molar-refractivity contribution is 7.89. The number of hydrogen-bond acceptors (Lipinski definition) is 5. The molecule has 4 rings (SSSR count). The minimum absolute atomic E-state index is 0.185. The Kier molecular flexibility index (Phi) is 5.99. The van der Waals surface area contributed by atoms with Crippen LogP contribution in [-0.2, 0) is 10.0 Å². The number of carbonyl (C=O) groups excluding carboxylic acids is 1. The standard InChI is InChI=1S/C21H21ClN4O4S/c1-30-19-5-7-20(8-6-19)31(28,29)25-11-9-24(10-12-25)21(27)16-14-23-26(15-16)18-4-2-3-17(22)13-18/h2-8,13-15H,9-12H2,1H3. The molecule has 0 bridgehead atoms. The van der Waals surface area contributed by atoms with Crippen molar-refractivity contribution in [1.29, 1.82) is 0 Å². The van der Waals surface area contributed by atoms with E-state index >= 15 is 0 Å². The van der Waals surface area contributed by atoms with Gasteiger partial charge in [0.25, 0.3) is 5.91 Å². The summed E-state index contributed by atoms with van der Waals surface area (Å²) < 4.78 is 33.8. The van der Waals surface area contributed by atoms with Gasteiger partial charge in [-0.25, -0.2) is 13.1 Å². The molecular weight excluding hydrogens is 440 g/mol. The van der Waals surface area contributed by atoms with E-state index in [1.807, 2.05) is 12.1 Å². The van der Waals surface area contributed by atoms with E-state index in [9.17, 15) is 13.2 Å². The van der Waals surface area contributed by atoms with Crippen LogP contribution in [0.15, 0.2) is 65.8 Å². The van der Waals surface area contributed by atoms with Gasteiger partial charge in [0.05, 0.1) is 29.5 Å². The molecule has 1 aliphatic rings. The van der Waals surface area contributed by atoms with E-state index in [0.717, 1.165) is 5.69 Å². The zero-order valence-corrected chi connectivity index (χ0v) is 18.4. The number of methoxy groups -OCH3 is 1. The third-order valence-electron chi connectivity index (χ3n) is 5.13. The molecule has 0 spiro atoms. The molecule has 1 fully saturated rings. The number of piperazine rings is 1. The van der Waals surface area contributed by atoms with Crippen molar-refractivity contribution in [3.05, 3.63) is 71.5 Å². The van der Waals surface area contributed by atoms with Crippen LogP contribution < -0.4 is 4.74 Å².